The lowest BCUT2D eigenvalue weighted by Crippen LogP contribution is -2.01. The molecule has 0 aliphatic carbocycles. The molecule has 0 atom stereocenters. The van der Waals surface area contributed by atoms with Crippen LogP contribution in [0, 0.1) is 20.8 Å². The van der Waals surface area contributed by atoms with Crippen molar-refractivity contribution >= 4 is 5.97 Å². The molecule has 0 radical (unpaired) electrons. The minimum Gasteiger partial charge on any atom is -0.478 e. The molecule has 0 saturated carbocycles. The third-order valence-electron chi connectivity index (χ3n) is 3.24. The first-order valence-corrected chi connectivity index (χ1v) is 5.91. The number of benzene rings is 2. The Morgan fingerprint density at radius 3 is 2.17 bits per heavy atom. The van der Waals surface area contributed by atoms with E-state index in [1.807, 2.05) is 51.1 Å². The maximum atomic E-state index is 11.2. The van der Waals surface area contributed by atoms with Crippen LogP contribution in [0.2, 0.25) is 0 Å². The van der Waals surface area contributed by atoms with Gasteiger partial charge in [-0.05, 0) is 54.7 Å². The molecule has 2 rings (SSSR count). The average molecular weight is 240 g/mol. The second-order valence-corrected chi connectivity index (χ2v) is 4.60. The first-order valence-electron chi connectivity index (χ1n) is 5.91. The number of aromatic carboxylic acids is 1. The topological polar surface area (TPSA) is 37.3 Å². The quantitative estimate of drug-likeness (QED) is 0.862. The fraction of sp³-hybridized carbons (Fsp3) is 0.188. The van der Waals surface area contributed by atoms with Crippen LogP contribution < -0.4 is 0 Å². The highest BCUT2D eigenvalue weighted by molar-refractivity contribution is 5.92. The Morgan fingerprint density at radius 1 is 0.889 bits per heavy atom. The van der Waals surface area contributed by atoms with Crippen molar-refractivity contribution in [2.45, 2.75) is 20.8 Å². The van der Waals surface area contributed by atoms with Gasteiger partial charge < -0.3 is 5.11 Å². The van der Waals surface area contributed by atoms with Crippen LogP contribution in [0.5, 0.6) is 0 Å². The summed E-state index contributed by atoms with van der Waals surface area (Å²) in [6.07, 6.45) is 0. The molecular weight excluding hydrogens is 224 g/mol. The lowest BCUT2D eigenvalue weighted by molar-refractivity contribution is 0.0696. The number of aryl methyl sites for hydroxylation is 3. The Labute approximate surface area is 107 Å². The summed E-state index contributed by atoms with van der Waals surface area (Å²) in [6.45, 7) is 5.88. The Bertz CT molecular complexity index is 612. The number of hydrogen-bond donors (Lipinski definition) is 1. The number of carboxylic acid groups (broad SMARTS) is 1. The molecule has 2 heteroatoms. The molecule has 92 valence electrons. The van der Waals surface area contributed by atoms with E-state index in [1.54, 1.807) is 6.07 Å². The van der Waals surface area contributed by atoms with Crippen LogP contribution in [-0.4, -0.2) is 11.1 Å². The third-order valence-corrected chi connectivity index (χ3v) is 3.24. The summed E-state index contributed by atoms with van der Waals surface area (Å²) >= 11 is 0. The highest BCUT2D eigenvalue weighted by Gasteiger charge is 2.12. The van der Waals surface area contributed by atoms with Crippen molar-refractivity contribution in [3.05, 3.63) is 58.7 Å². The molecule has 0 unspecified atom stereocenters. The Hall–Kier alpha value is -2.09. The first kappa shape index (κ1) is 12.4. The molecule has 0 amide bonds. The van der Waals surface area contributed by atoms with Crippen molar-refractivity contribution in [2.75, 3.05) is 0 Å². The normalized spacial score (nSPS) is 10.4. The summed E-state index contributed by atoms with van der Waals surface area (Å²) in [6, 6.07) is 11.7. The van der Waals surface area contributed by atoms with E-state index in [4.69, 9.17) is 0 Å². The monoisotopic (exact) mass is 240 g/mol. The number of rotatable bonds is 2. The molecule has 0 aliphatic heterocycles. The zero-order valence-electron chi connectivity index (χ0n) is 10.8. The van der Waals surface area contributed by atoms with Gasteiger partial charge in [0.25, 0.3) is 0 Å². The van der Waals surface area contributed by atoms with Gasteiger partial charge in [0.2, 0.25) is 0 Å². The smallest absolute Gasteiger partial charge is 0.335 e. The van der Waals surface area contributed by atoms with Gasteiger partial charge in [-0.3, -0.25) is 0 Å². The zero-order chi connectivity index (χ0) is 13.3. The van der Waals surface area contributed by atoms with Crippen LogP contribution in [-0.2, 0) is 0 Å². The lowest BCUT2D eigenvalue weighted by Gasteiger charge is -2.12. The molecule has 0 saturated heterocycles. The van der Waals surface area contributed by atoms with E-state index in [-0.39, 0.29) is 0 Å². The fourth-order valence-corrected chi connectivity index (χ4v) is 2.25. The summed E-state index contributed by atoms with van der Waals surface area (Å²) in [5.41, 5.74) is 5.53. The van der Waals surface area contributed by atoms with Crippen LogP contribution >= 0.6 is 0 Å². The molecule has 0 spiro atoms. The van der Waals surface area contributed by atoms with Crippen LogP contribution in [0.3, 0.4) is 0 Å². The summed E-state index contributed by atoms with van der Waals surface area (Å²) in [7, 11) is 0. The second-order valence-electron chi connectivity index (χ2n) is 4.60. The maximum absolute atomic E-state index is 11.2. The van der Waals surface area contributed by atoms with Gasteiger partial charge >= 0.3 is 5.97 Å². The van der Waals surface area contributed by atoms with Gasteiger partial charge in [-0.15, -0.1) is 0 Å². The maximum Gasteiger partial charge on any atom is 0.335 e. The largest absolute Gasteiger partial charge is 0.478 e. The molecule has 0 heterocycles. The molecule has 1 N–H and O–H groups in total. The predicted molar refractivity (Wildman–Crippen MR) is 73.0 cm³/mol. The molecule has 0 aliphatic rings. The van der Waals surface area contributed by atoms with Crippen molar-refractivity contribution in [1.29, 1.82) is 0 Å². The lowest BCUT2D eigenvalue weighted by atomic mass is 9.92. The van der Waals surface area contributed by atoms with Crippen LogP contribution in [0.1, 0.15) is 27.0 Å². The number of hydrogen-bond acceptors (Lipinski definition) is 1. The molecular formula is C16H16O2. The molecule has 0 aromatic heterocycles. The summed E-state index contributed by atoms with van der Waals surface area (Å²) in [4.78, 5) is 11.2. The van der Waals surface area contributed by atoms with Crippen molar-refractivity contribution in [2.24, 2.45) is 0 Å². The van der Waals surface area contributed by atoms with Gasteiger partial charge in [0.05, 0.1) is 5.56 Å². The zero-order valence-corrected chi connectivity index (χ0v) is 10.8. The van der Waals surface area contributed by atoms with E-state index in [0.717, 1.165) is 27.8 Å². The van der Waals surface area contributed by atoms with Gasteiger partial charge in [0.15, 0.2) is 0 Å². The SMILES string of the molecule is Cc1cc(C)c(-c2ccccc2C)cc1C(=O)O. The molecule has 2 nitrogen and oxygen atoms in total. The van der Waals surface area contributed by atoms with Crippen LogP contribution in [0.15, 0.2) is 36.4 Å². The van der Waals surface area contributed by atoms with Crippen LogP contribution in [0.4, 0.5) is 0 Å². The predicted octanol–water partition coefficient (Wildman–Crippen LogP) is 3.98. The van der Waals surface area contributed by atoms with Crippen molar-refractivity contribution in [3.63, 3.8) is 0 Å². The standard InChI is InChI=1S/C16H16O2/c1-10-6-4-5-7-13(10)14-9-15(16(17)18)12(3)8-11(14)2/h4-9H,1-3H3,(H,17,18). The molecule has 2 aromatic rings. The molecule has 18 heavy (non-hydrogen) atoms. The van der Waals surface area contributed by atoms with Crippen molar-refractivity contribution in [3.8, 4) is 11.1 Å². The van der Waals surface area contributed by atoms with E-state index in [2.05, 4.69) is 0 Å². The van der Waals surface area contributed by atoms with E-state index in [1.165, 1.54) is 0 Å². The molecule has 0 bridgehead atoms. The van der Waals surface area contributed by atoms with Gasteiger partial charge in [-0.25, -0.2) is 4.79 Å². The van der Waals surface area contributed by atoms with Gasteiger partial charge in [0, 0.05) is 0 Å². The minimum atomic E-state index is -0.873. The number of carboxylic acids is 1. The summed E-state index contributed by atoms with van der Waals surface area (Å²) < 4.78 is 0. The van der Waals surface area contributed by atoms with Gasteiger partial charge in [-0.1, -0.05) is 30.3 Å². The van der Waals surface area contributed by atoms with Gasteiger partial charge in [-0.2, -0.15) is 0 Å². The van der Waals surface area contributed by atoms with E-state index < -0.39 is 5.97 Å². The molecule has 0 fully saturated rings. The van der Waals surface area contributed by atoms with Crippen molar-refractivity contribution < 1.29 is 9.90 Å². The molecule has 2 aromatic carbocycles. The van der Waals surface area contributed by atoms with E-state index in [0.29, 0.717) is 5.56 Å². The Balaban J connectivity index is 2.69. The highest BCUT2D eigenvalue weighted by atomic mass is 16.4. The van der Waals surface area contributed by atoms with E-state index >= 15 is 0 Å². The Morgan fingerprint density at radius 2 is 1.56 bits per heavy atom. The average Bonchev–Trinajstić information content (AvgIpc) is 2.30. The summed E-state index contributed by atoms with van der Waals surface area (Å²) in [5, 5.41) is 9.20. The second kappa shape index (κ2) is 4.65. The first-order chi connectivity index (χ1) is 8.50. The Kier molecular flexibility index (Phi) is 3.19. The van der Waals surface area contributed by atoms with Gasteiger partial charge in [0.1, 0.15) is 0 Å². The van der Waals surface area contributed by atoms with Crippen molar-refractivity contribution in [1.82, 2.24) is 0 Å². The highest BCUT2D eigenvalue weighted by Crippen LogP contribution is 2.29. The van der Waals surface area contributed by atoms with E-state index in [9.17, 15) is 9.90 Å². The third kappa shape index (κ3) is 2.14. The number of carbonyl (C=O) groups is 1. The fourth-order valence-electron chi connectivity index (χ4n) is 2.25. The van der Waals surface area contributed by atoms with Crippen LogP contribution in [0.25, 0.3) is 11.1 Å². The minimum absolute atomic E-state index is 0.374. The summed E-state index contributed by atoms with van der Waals surface area (Å²) in [5.74, 6) is -0.873.